The molecule has 1 heterocycles. The smallest absolute Gasteiger partial charge is 0.224 e. The molecule has 0 bridgehead atoms. The van der Waals surface area contributed by atoms with E-state index >= 15 is 0 Å². The lowest BCUT2D eigenvalue weighted by Gasteiger charge is -2.18. The summed E-state index contributed by atoms with van der Waals surface area (Å²) in [6, 6.07) is 0. The molecule has 1 N–H and O–H groups in total. The van der Waals surface area contributed by atoms with Crippen LogP contribution in [0, 0.1) is 0 Å². The van der Waals surface area contributed by atoms with Crippen molar-refractivity contribution in [3.05, 3.63) is 36.1 Å². The fourth-order valence-corrected chi connectivity index (χ4v) is 1.24. The van der Waals surface area contributed by atoms with Crippen LogP contribution in [0.3, 0.4) is 0 Å². The second kappa shape index (κ2) is 7.13. The second-order valence-corrected chi connectivity index (χ2v) is 2.68. The second-order valence-electron chi connectivity index (χ2n) is 2.68. The molecule has 1 rings (SSSR count). The maximum Gasteiger partial charge on any atom is 0.224 e. The first-order chi connectivity index (χ1) is 6.77. The normalized spacial score (nSPS) is 21.2. The molecule has 1 aliphatic rings. The van der Waals surface area contributed by atoms with Crippen molar-refractivity contribution in [1.82, 2.24) is 5.32 Å². The minimum Gasteiger partial charge on any atom is -0.326 e. The zero-order valence-corrected chi connectivity index (χ0v) is 9.26. The van der Waals surface area contributed by atoms with Gasteiger partial charge in [0.05, 0.1) is 0 Å². The highest BCUT2D eigenvalue weighted by Crippen LogP contribution is 2.18. The fraction of sp³-hybridized carbons (Fsp3) is 0.417. The standard InChI is InChI=1S/C10H13NO.C2H6/c1-3-5-9-8(4-2)6-7-10(12)11-9;1-2/h3-5H,1,6-7H2,2H3,(H,11,12);1-2H3/b8-4-,9-5+;. The third-order valence-corrected chi connectivity index (χ3v) is 1.87. The molecule has 1 amide bonds. The average molecular weight is 193 g/mol. The lowest BCUT2D eigenvalue weighted by atomic mass is 10.0. The monoisotopic (exact) mass is 193 g/mol. The Balaban J connectivity index is 0.000000791. The summed E-state index contributed by atoms with van der Waals surface area (Å²) in [5, 5.41) is 2.80. The maximum atomic E-state index is 11.0. The van der Waals surface area contributed by atoms with Crippen LogP contribution in [-0.4, -0.2) is 5.91 Å². The van der Waals surface area contributed by atoms with Gasteiger partial charge < -0.3 is 5.32 Å². The number of allylic oxidation sites excluding steroid dienone is 4. The van der Waals surface area contributed by atoms with Crippen molar-refractivity contribution in [2.75, 3.05) is 0 Å². The lowest BCUT2D eigenvalue weighted by Crippen LogP contribution is -2.28. The van der Waals surface area contributed by atoms with Crippen molar-refractivity contribution in [3.63, 3.8) is 0 Å². The molecule has 0 spiro atoms. The Morgan fingerprint density at radius 2 is 2.00 bits per heavy atom. The third kappa shape index (κ3) is 3.60. The number of amides is 1. The molecule has 1 aliphatic heterocycles. The molecule has 0 unspecified atom stereocenters. The van der Waals surface area contributed by atoms with E-state index in [0.717, 1.165) is 12.1 Å². The molecule has 2 heteroatoms. The Hall–Kier alpha value is -1.31. The average Bonchev–Trinajstić information content (AvgIpc) is 2.22. The highest BCUT2D eigenvalue weighted by atomic mass is 16.1. The van der Waals surface area contributed by atoms with Crippen molar-refractivity contribution < 1.29 is 4.79 Å². The topological polar surface area (TPSA) is 29.1 Å². The van der Waals surface area contributed by atoms with Crippen molar-refractivity contribution in [3.8, 4) is 0 Å². The number of rotatable bonds is 1. The van der Waals surface area contributed by atoms with Crippen LogP contribution in [0.5, 0.6) is 0 Å². The van der Waals surface area contributed by atoms with Gasteiger partial charge in [-0.2, -0.15) is 0 Å². The van der Waals surface area contributed by atoms with E-state index in [0.29, 0.717) is 6.42 Å². The zero-order chi connectivity index (χ0) is 11.0. The minimum atomic E-state index is 0.0914. The largest absolute Gasteiger partial charge is 0.326 e. The molecule has 2 nitrogen and oxygen atoms in total. The van der Waals surface area contributed by atoms with Crippen LogP contribution in [0.15, 0.2) is 36.1 Å². The summed E-state index contributed by atoms with van der Waals surface area (Å²) in [4.78, 5) is 11.0. The number of carbonyl (C=O) groups is 1. The van der Waals surface area contributed by atoms with Crippen LogP contribution >= 0.6 is 0 Å². The first-order valence-corrected chi connectivity index (χ1v) is 5.06. The fourth-order valence-electron chi connectivity index (χ4n) is 1.24. The zero-order valence-electron chi connectivity index (χ0n) is 9.26. The van der Waals surface area contributed by atoms with E-state index < -0.39 is 0 Å². The number of hydrogen-bond acceptors (Lipinski definition) is 1. The van der Waals surface area contributed by atoms with Crippen molar-refractivity contribution >= 4 is 5.91 Å². The lowest BCUT2D eigenvalue weighted by molar-refractivity contribution is -0.120. The molecule has 0 aromatic rings. The Bertz CT molecular complexity index is 261. The van der Waals surface area contributed by atoms with Gasteiger partial charge in [0.1, 0.15) is 0 Å². The highest BCUT2D eigenvalue weighted by molar-refractivity contribution is 5.81. The molecule has 0 aromatic carbocycles. The molecule has 1 fully saturated rings. The first-order valence-electron chi connectivity index (χ1n) is 5.06. The molecule has 0 atom stereocenters. The predicted octanol–water partition coefficient (Wildman–Crippen LogP) is 2.94. The molecule has 0 radical (unpaired) electrons. The molecule has 0 aliphatic carbocycles. The Morgan fingerprint density at radius 1 is 1.36 bits per heavy atom. The molecule has 14 heavy (non-hydrogen) atoms. The van der Waals surface area contributed by atoms with Gasteiger partial charge in [-0.25, -0.2) is 0 Å². The molecule has 78 valence electrons. The first kappa shape index (κ1) is 12.7. The van der Waals surface area contributed by atoms with E-state index in [9.17, 15) is 4.79 Å². The summed E-state index contributed by atoms with van der Waals surface area (Å²) in [7, 11) is 0. The van der Waals surface area contributed by atoms with Gasteiger partial charge in [-0.05, 0) is 25.0 Å². The van der Waals surface area contributed by atoms with Crippen LogP contribution in [0.25, 0.3) is 0 Å². The molecule has 0 saturated carbocycles. The molecular formula is C12H19NO. The van der Waals surface area contributed by atoms with Crippen LogP contribution in [0.2, 0.25) is 0 Å². The quantitative estimate of drug-likeness (QED) is 0.681. The van der Waals surface area contributed by atoms with E-state index in [2.05, 4.69) is 11.9 Å². The van der Waals surface area contributed by atoms with Crippen LogP contribution in [-0.2, 0) is 4.79 Å². The van der Waals surface area contributed by atoms with Crippen molar-refractivity contribution in [2.45, 2.75) is 33.6 Å². The number of carbonyl (C=O) groups excluding carboxylic acids is 1. The van der Waals surface area contributed by atoms with Crippen molar-refractivity contribution in [2.24, 2.45) is 0 Å². The summed E-state index contributed by atoms with van der Waals surface area (Å²) in [6.07, 6.45) is 6.96. The van der Waals surface area contributed by atoms with E-state index in [1.807, 2.05) is 32.9 Å². The van der Waals surface area contributed by atoms with Gasteiger partial charge >= 0.3 is 0 Å². The third-order valence-electron chi connectivity index (χ3n) is 1.87. The van der Waals surface area contributed by atoms with E-state index in [1.54, 1.807) is 6.08 Å². The van der Waals surface area contributed by atoms with Gasteiger partial charge in [0.15, 0.2) is 0 Å². The van der Waals surface area contributed by atoms with Gasteiger partial charge in [-0.1, -0.05) is 32.6 Å². The summed E-state index contributed by atoms with van der Waals surface area (Å²) < 4.78 is 0. The number of hydrogen-bond donors (Lipinski definition) is 1. The highest BCUT2D eigenvalue weighted by Gasteiger charge is 2.15. The van der Waals surface area contributed by atoms with Crippen LogP contribution in [0.4, 0.5) is 0 Å². The van der Waals surface area contributed by atoms with Gasteiger partial charge in [0.25, 0.3) is 0 Å². The Kier molecular flexibility index (Phi) is 6.46. The van der Waals surface area contributed by atoms with Gasteiger partial charge in [0, 0.05) is 12.1 Å². The van der Waals surface area contributed by atoms with Gasteiger partial charge in [0.2, 0.25) is 5.91 Å². The van der Waals surface area contributed by atoms with E-state index in [1.165, 1.54) is 5.57 Å². The van der Waals surface area contributed by atoms with E-state index in [-0.39, 0.29) is 5.91 Å². The summed E-state index contributed by atoms with van der Waals surface area (Å²) >= 11 is 0. The molecule has 1 saturated heterocycles. The van der Waals surface area contributed by atoms with Crippen LogP contribution in [0.1, 0.15) is 33.6 Å². The van der Waals surface area contributed by atoms with Crippen molar-refractivity contribution in [1.29, 1.82) is 0 Å². The maximum absolute atomic E-state index is 11.0. The predicted molar refractivity (Wildman–Crippen MR) is 60.8 cm³/mol. The van der Waals surface area contributed by atoms with Gasteiger partial charge in [-0.3, -0.25) is 4.79 Å². The molecule has 0 aromatic heterocycles. The summed E-state index contributed by atoms with van der Waals surface area (Å²) in [5.74, 6) is 0.0914. The van der Waals surface area contributed by atoms with E-state index in [4.69, 9.17) is 0 Å². The number of piperidine rings is 1. The molecular weight excluding hydrogens is 174 g/mol. The Morgan fingerprint density at radius 3 is 2.50 bits per heavy atom. The number of nitrogens with one attached hydrogen (secondary N) is 1. The van der Waals surface area contributed by atoms with Gasteiger partial charge in [-0.15, -0.1) is 0 Å². The van der Waals surface area contributed by atoms with Crippen LogP contribution < -0.4 is 5.32 Å². The minimum absolute atomic E-state index is 0.0914. The summed E-state index contributed by atoms with van der Waals surface area (Å²) in [5.41, 5.74) is 2.08. The summed E-state index contributed by atoms with van der Waals surface area (Å²) in [6.45, 7) is 9.57. The SMILES string of the molecule is C=C/C=C1/NC(=O)CC/C1=C/C.CC. The Labute approximate surface area is 86.4 Å².